The van der Waals surface area contributed by atoms with Crippen molar-refractivity contribution in [1.82, 2.24) is 19.1 Å². The fourth-order valence-electron chi connectivity index (χ4n) is 6.36. The lowest BCUT2D eigenvalue weighted by atomic mass is 9.93. The van der Waals surface area contributed by atoms with Crippen LogP contribution in [0.1, 0.15) is 73.2 Å². The van der Waals surface area contributed by atoms with Crippen LogP contribution in [0.5, 0.6) is 0 Å². The van der Waals surface area contributed by atoms with Crippen molar-refractivity contribution >= 4 is 27.6 Å². The number of benzene rings is 1. The number of carbonyl (C=O) groups excluding carboxylic acids is 1. The maximum atomic E-state index is 13.8. The molecule has 0 unspecified atom stereocenters. The monoisotopic (exact) mass is 527 g/mol. The van der Waals surface area contributed by atoms with E-state index in [1.54, 1.807) is 10.9 Å². The van der Waals surface area contributed by atoms with Crippen molar-refractivity contribution in [1.29, 1.82) is 0 Å². The Balaban J connectivity index is 1.30. The maximum Gasteiger partial charge on any atom is 0.326 e. The van der Waals surface area contributed by atoms with E-state index < -0.39 is 22.3 Å². The number of likely N-dealkylation sites (tertiary alicyclic amines) is 1. The fraction of sp³-hybridized carbons (Fsp3) is 0.615. The van der Waals surface area contributed by atoms with Crippen LogP contribution in [0.3, 0.4) is 0 Å². The summed E-state index contributed by atoms with van der Waals surface area (Å²) in [7, 11) is -2.70. The van der Waals surface area contributed by atoms with Crippen LogP contribution in [-0.4, -0.2) is 59.8 Å². The minimum Gasteiger partial charge on any atom is -0.740 e. The lowest BCUT2D eigenvalue weighted by molar-refractivity contribution is 0.242. The lowest BCUT2D eigenvalue weighted by Crippen LogP contribution is -2.52. The summed E-state index contributed by atoms with van der Waals surface area (Å²) in [5.41, 5.74) is 5.51. The zero-order chi connectivity index (χ0) is 25.7. The Morgan fingerprint density at radius 3 is 2.27 bits per heavy atom. The van der Waals surface area contributed by atoms with Crippen LogP contribution in [0, 0.1) is 5.21 Å². The van der Waals surface area contributed by atoms with Crippen LogP contribution in [-0.2, 0) is 35.9 Å². The molecule has 2 aromatic rings. The first kappa shape index (κ1) is 24.7. The van der Waals surface area contributed by atoms with Gasteiger partial charge in [0.15, 0.2) is 0 Å². The second-order valence-electron chi connectivity index (χ2n) is 11.0. The minimum absolute atomic E-state index is 0.254. The summed E-state index contributed by atoms with van der Waals surface area (Å²) in [5, 5.41) is 20.5. The molecule has 200 valence electrons. The molecule has 0 spiro atoms. The largest absolute Gasteiger partial charge is 0.740 e. The molecule has 1 N–H and O–H groups in total. The van der Waals surface area contributed by atoms with Crippen LogP contribution in [0.15, 0.2) is 18.5 Å². The third-order valence-corrected chi connectivity index (χ3v) is 10.2. The molecule has 6 rings (SSSR count). The van der Waals surface area contributed by atoms with Crippen molar-refractivity contribution in [3.05, 3.63) is 45.9 Å². The summed E-state index contributed by atoms with van der Waals surface area (Å²) in [6.07, 6.45) is 13.0. The SMILES string of the molecule is CN1CCC(N(c2cnn(C3CCC3)c2)S(=O)(=O)N([O-])C(=O)Nc2c3c(cc4c2CCC4)CCC3)CC1. The highest BCUT2D eigenvalue weighted by Gasteiger charge is 2.37. The molecule has 0 bridgehead atoms. The number of anilines is 2. The first-order chi connectivity index (χ1) is 17.8. The van der Waals surface area contributed by atoms with Gasteiger partial charge in [-0.3, -0.25) is 9.15 Å². The van der Waals surface area contributed by atoms with Gasteiger partial charge in [-0.2, -0.15) is 13.5 Å². The van der Waals surface area contributed by atoms with E-state index in [1.165, 1.54) is 17.3 Å². The Kier molecular flexibility index (Phi) is 6.40. The molecule has 11 heteroatoms. The summed E-state index contributed by atoms with van der Waals surface area (Å²) in [5.74, 6) is 0. The van der Waals surface area contributed by atoms with Crippen molar-refractivity contribution in [3.8, 4) is 0 Å². The van der Waals surface area contributed by atoms with Crippen LogP contribution >= 0.6 is 0 Å². The molecular weight excluding hydrogens is 492 g/mol. The number of amides is 2. The zero-order valence-corrected chi connectivity index (χ0v) is 22.2. The van der Waals surface area contributed by atoms with Crippen LogP contribution in [0.25, 0.3) is 0 Å². The van der Waals surface area contributed by atoms with E-state index in [1.807, 2.05) is 7.05 Å². The fourth-order valence-corrected chi connectivity index (χ4v) is 7.72. The number of fused-ring (bicyclic) bond motifs is 2. The Bertz CT molecular complexity index is 1260. The summed E-state index contributed by atoms with van der Waals surface area (Å²) < 4.78 is 30.2. The first-order valence-electron chi connectivity index (χ1n) is 13.5. The molecule has 3 aliphatic carbocycles. The summed E-state index contributed by atoms with van der Waals surface area (Å²) in [4.78, 5) is 15.4. The van der Waals surface area contributed by atoms with E-state index in [0.717, 1.165) is 73.2 Å². The van der Waals surface area contributed by atoms with Gasteiger partial charge in [-0.05, 0) is 113 Å². The number of aromatic nitrogens is 2. The van der Waals surface area contributed by atoms with Gasteiger partial charge in [-0.25, -0.2) is 9.10 Å². The third kappa shape index (κ3) is 4.40. The molecule has 1 aromatic carbocycles. The predicted molar refractivity (Wildman–Crippen MR) is 142 cm³/mol. The molecule has 1 aromatic heterocycles. The summed E-state index contributed by atoms with van der Waals surface area (Å²) in [6.45, 7) is 1.42. The molecular formula is C26H35N6O4S-. The summed E-state index contributed by atoms with van der Waals surface area (Å²) in [6, 6.07) is 0.909. The Labute approximate surface area is 218 Å². The number of hydrogen-bond donors (Lipinski definition) is 1. The zero-order valence-electron chi connectivity index (χ0n) is 21.4. The highest BCUT2D eigenvalue weighted by atomic mass is 32.2. The van der Waals surface area contributed by atoms with Gasteiger partial charge >= 0.3 is 16.2 Å². The third-order valence-electron chi connectivity index (χ3n) is 8.64. The highest BCUT2D eigenvalue weighted by Crippen LogP contribution is 2.39. The van der Waals surface area contributed by atoms with E-state index in [4.69, 9.17) is 0 Å². The minimum atomic E-state index is -4.69. The van der Waals surface area contributed by atoms with Gasteiger partial charge in [-0.1, -0.05) is 6.07 Å². The number of nitrogens with one attached hydrogen (secondary N) is 1. The Morgan fingerprint density at radius 1 is 1.03 bits per heavy atom. The van der Waals surface area contributed by atoms with Gasteiger partial charge in [0, 0.05) is 17.9 Å². The van der Waals surface area contributed by atoms with Crippen LogP contribution in [0.4, 0.5) is 16.2 Å². The van der Waals surface area contributed by atoms with Gasteiger partial charge < -0.3 is 15.4 Å². The van der Waals surface area contributed by atoms with Crippen molar-refractivity contribution < 1.29 is 13.2 Å². The molecule has 2 fully saturated rings. The smallest absolute Gasteiger partial charge is 0.326 e. The number of carbonyl (C=O) groups is 1. The van der Waals surface area contributed by atoms with E-state index in [9.17, 15) is 18.4 Å². The highest BCUT2D eigenvalue weighted by molar-refractivity contribution is 7.91. The quantitative estimate of drug-likeness (QED) is 0.572. The van der Waals surface area contributed by atoms with Crippen LogP contribution < -0.4 is 9.62 Å². The predicted octanol–water partition coefficient (Wildman–Crippen LogP) is 3.76. The number of rotatable bonds is 6. The van der Waals surface area contributed by atoms with Crippen molar-refractivity contribution in [3.63, 3.8) is 0 Å². The number of aryl methyl sites for hydroxylation is 2. The number of piperidine rings is 1. The van der Waals surface area contributed by atoms with E-state index >= 15 is 0 Å². The van der Waals surface area contributed by atoms with Crippen molar-refractivity contribution in [2.24, 2.45) is 0 Å². The molecule has 0 radical (unpaired) electrons. The van der Waals surface area contributed by atoms with Gasteiger partial charge in [0.2, 0.25) is 0 Å². The molecule has 1 aliphatic heterocycles. The second kappa shape index (κ2) is 9.59. The average Bonchev–Trinajstić information content (AvgIpc) is 3.60. The van der Waals surface area contributed by atoms with Crippen LogP contribution in [0.2, 0.25) is 0 Å². The molecule has 1 saturated heterocycles. The van der Waals surface area contributed by atoms with Crippen molar-refractivity contribution in [2.45, 2.75) is 82.7 Å². The Hall–Kier alpha value is -2.63. The first-order valence-corrected chi connectivity index (χ1v) is 14.9. The van der Waals surface area contributed by atoms with Gasteiger partial charge in [-0.15, -0.1) is 0 Å². The number of urea groups is 1. The molecule has 37 heavy (non-hydrogen) atoms. The number of hydrogen-bond acceptors (Lipinski definition) is 6. The number of hydroxylamine groups is 1. The topological polar surface area (TPSA) is 114 Å². The van der Waals surface area contributed by atoms with Gasteiger partial charge in [0.25, 0.3) is 0 Å². The Morgan fingerprint density at radius 2 is 1.68 bits per heavy atom. The van der Waals surface area contributed by atoms with Gasteiger partial charge in [0.05, 0.1) is 17.9 Å². The van der Waals surface area contributed by atoms with E-state index in [2.05, 4.69) is 21.4 Å². The number of nitrogens with zero attached hydrogens (tertiary/aromatic N) is 5. The molecule has 10 nitrogen and oxygen atoms in total. The standard InChI is InChI=1S/C26H35N6O4S/c1-29-13-11-21(12-14-29)31(22-16-27-30(17-22)20-7-4-8-20)37(35,36)32(34)26(33)28-25-23-9-2-5-18(23)15-19-6-3-10-24(19)25/h15-17,20-21H,2-14H2,1H3,(H,28,33)/q-1. The van der Waals surface area contributed by atoms with Gasteiger partial charge in [0.1, 0.15) is 0 Å². The molecule has 0 atom stereocenters. The molecule has 2 heterocycles. The van der Waals surface area contributed by atoms with E-state index in [-0.39, 0.29) is 10.5 Å². The summed E-state index contributed by atoms with van der Waals surface area (Å²) >= 11 is 0. The molecule has 2 amide bonds. The lowest BCUT2D eigenvalue weighted by Gasteiger charge is -2.41. The van der Waals surface area contributed by atoms with E-state index in [0.29, 0.717) is 37.3 Å². The molecule has 4 aliphatic rings. The van der Waals surface area contributed by atoms with Crippen molar-refractivity contribution in [2.75, 3.05) is 29.8 Å². The normalized spacial score (nSPS) is 20.4. The second-order valence-corrected chi connectivity index (χ2v) is 12.6. The molecule has 1 saturated carbocycles. The average molecular weight is 528 g/mol. The maximum absolute atomic E-state index is 13.8.